The zero-order chi connectivity index (χ0) is 14.6. The quantitative estimate of drug-likeness (QED) is 0.820. The number of hydrogen-bond donors (Lipinski definition) is 1. The van der Waals surface area contributed by atoms with Crippen LogP contribution in [0.25, 0.3) is 0 Å². The number of carbonyl (C=O) groups excluding carboxylic acids is 2. The lowest BCUT2D eigenvalue weighted by Gasteiger charge is -2.36. The standard InChI is InChI=1S/C14H27N3O2/c1-11(18)15-12(10-14(2,3)4)13(19)17-8-6-16(5)7-9-17/h12H,6-10H2,1-5H3,(H,15,18). The van der Waals surface area contributed by atoms with Crippen LogP contribution >= 0.6 is 0 Å². The topological polar surface area (TPSA) is 52.7 Å². The van der Waals surface area contributed by atoms with Crippen molar-refractivity contribution in [2.45, 2.75) is 40.2 Å². The fraction of sp³-hybridized carbons (Fsp3) is 0.857. The Morgan fingerprint density at radius 1 is 1.16 bits per heavy atom. The summed E-state index contributed by atoms with van der Waals surface area (Å²) in [6.45, 7) is 11.0. The molecule has 19 heavy (non-hydrogen) atoms. The lowest BCUT2D eigenvalue weighted by atomic mass is 9.87. The minimum Gasteiger partial charge on any atom is -0.345 e. The molecular formula is C14H27N3O2. The predicted molar refractivity (Wildman–Crippen MR) is 75.8 cm³/mol. The minimum atomic E-state index is -0.402. The average Bonchev–Trinajstić information content (AvgIpc) is 2.25. The molecule has 1 unspecified atom stereocenters. The SMILES string of the molecule is CC(=O)NC(CC(C)(C)C)C(=O)N1CCN(C)CC1. The van der Waals surface area contributed by atoms with E-state index in [2.05, 4.69) is 38.0 Å². The van der Waals surface area contributed by atoms with Gasteiger partial charge in [-0.25, -0.2) is 0 Å². The maximum atomic E-state index is 12.5. The van der Waals surface area contributed by atoms with E-state index in [-0.39, 0.29) is 17.2 Å². The van der Waals surface area contributed by atoms with E-state index in [1.165, 1.54) is 6.92 Å². The maximum absolute atomic E-state index is 12.5. The first-order valence-corrected chi connectivity index (χ1v) is 6.93. The third kappa shape index (κ3) is 5.59. The summed E-state index contributed by atoms with van der Waals surface area (Å²) in [4.78, 5) is 27.9. The smallest absolute Gasteiger partial charge is 0.245 e. The second-order valence-corrected chi connectivity index (χ2v) is 6.65. The number of hydrogen-bond acceptors (Lipinski definition) is 3. The highest BCUT2D eigenvalue weighted by atomic mass is 16.2. The van der Waals surface area contributed by atoms with Crippen LogP contribution in [-0.2, 0) is 9.59 Å². The lowest BCUT2D eigenvalue weighted by molar-refractivity contribution is -0.138. The monoisotopic (exact) mass is 269 g/mol. The van der Waals surface area contributed by atoms with Gasteiger partial charge in [-0.2, -0.15) is 0 Å². The van der Waals surface area contributed by atoms with Crippen LogP contribution < -0.4 is 5.32 Å². The van der Waals surface area contributed by atoms with Crippen LogP contribution in [-0.4, -0.2) is 60.9 Å². The van der Waals surface area contributed by atoms with E-state index in [0.29, 0.717) is 6.42 Å². The van der Waals surface area contributed by atoms with Gasteiger partial charge in [-0.3, -0.25) is 9.59 Å². The number of likely N-dealkylation sites (N-methyl/N-ethyl adjacent to an activating group) is 1. The summed E-state index contributed by atoms with van der Waals surface area (Å²) in [5.74, 6) is -0.0880. The van der Waals surface area contributed by atoms with Crippen molar-refractivity contribution < 1.29 is 9.59 Å². The largest absolute Gasteiger partial charge is 0.345 e. The van der Waals surface area contributed by atoms with E-state index in [9.17, 15) is 9.59 Å². The van der Waals surface area contributed by atoms with Gasteiger partial charge in [0, 0.05) is 33.1 Å². The zero-order valence-corrected chi connectivity index (χ0v) is 12.8. The van der Waals surface area contributed by atoms with Crippen molar-refractivity contribution in [3.63, 3.8) is 0 Å². The van der Waals surface area contributed by atoms with E-state index >= 15 is 0 Å². The molecule has 5 nitrogen and oxygen atoms in total. The van der Waals surface area contributed by atoms with E-state index in [4.69, 9.17) is 0 Å². The summed E-state index contributed by atoms with van der Waals surface area (Å²) in [5, 5.41) is 2.80. The third-order valence-electron chi connectivity index (χ3n) is 3.31. The molecule has 0 saturated carbocycles. The van der Waals surface area contributed by atoms with Crippen molar-refractivity contribution in [3.05, 3.63) is 0 Å². The van der Waals surface area contributed by atoms with Gasteiger partial charge >= 0.3 is 0 Å². The fourth-order valence-corrected chi connectivity index (χ4v) is 2.31. The molecule has 0 spiro atoms. The Morgan fingerprint density at radius 2 is 1.68 bits per heavy atom. The Kier molecular flexibility index (Phi) is 5.35. The summed E-state index contributed by atoms with van der Waals surface area (Å²) in [5.41, 5.74) is 0.00928. The molecule has 1 rings (SSSR count). The van der Waals surface area contributed by atoms with Gasteiger partial charge in [0.25, 0.3) is 0 Å². The van der Waals surface area contributed by atoms with Crippen LogP contribution in [0.4, 0.5) is 0 Å². The predicted octanol–water partition coefficient (Wildman–Crippen LogP) is 0.701. The number of carbonyl (C=O) groups is 2. The van der Waals surface area contributed by atoms with Crippen LogP contribution in [0.1, 0.15) is 34.1 Å². The van der Waals surface area contributed by atoms with Crippen LogP contribution in [0.15, 0.2) is 0 Å². The van der Waals surface area contributed by atoms with E-state index in [0.717, 1.165) is 26.2 Å². The van der Waals surface area contributed by atoms with Crippen LogP contribution in [0.2, 0.25) is 0 Å². The number of nitrogens with one attached hydrogen (secondary N) is 1. The molecule has 1 fully saturated rings. The van der Waals surface area contributed by atoms with Gasteiger partial charge in [0.15, 0.2) is 0 Å². The number of rotatable bonds is 3. The van der Waals surface area contributed by atoms with Crippen molar-refractivity contribution >= 4 is 11.8 Å². The highest BCUT2D eigenvalue weighted by Crippen LogP contribution is 2.22. The molecule has 0 aromatic rings. The van der Waals surface area contributed by atoms with E-state index in [1.807, 2.05) is 4.90 Å². The third-order valence-corrected chi connectivity index (χ3v) is 3.31. The summed E-state index contributed by atoms with van der Waals surface area (Å²) in [7, 11) is 2.06. The van der Waals surface area contributed by atoms with Gasteiger partial charge in [-0.1, -0.05) is 20.8 Å². The minimum absolute atomic E-state index is 0.00928. The summed E-state index contributed by atoms with van der Waals surface area (Å²) in [6.07, 6.45) is 0.664. The van der Waals surface area contributed by atoms with Crippen LogP contribution in [0, 0.1) is 5.41 Å². The van der Waals surface area contributed by atoms with E-state index in [1.54, 1.807) is 0 Å². The first kappa shape index (κ1) is 16.0. The highest BCUT2D eigenvalue weighted by molar-refractivity contribution is 5.87. The van der Waals surface area contributed by atoms with Crippen molar-refractivity contribution in [3.8, 4) is 0 Å². The van der Waals surface area contributed by atoms with Gasteiger partial charge in [0.05, 0.1) is 0 Å². The molecule has 1 heterocycles. The van der Waals surface area contributed by atoms with Gasteiger partial charge in [0.1, 0.15) is 6.04 Å². The van der Waals surface area contributed by atoms with Gasteiger partial charge in [0.2, 0.25) is 11.8 Å². The summed E-state index contributed by atoms with van der Waals surface area (Å²) in [6, 6.07) is -0.402. The van der Waals surface area contributed by atoms with Crippen molar-refractivity contribution in [1.82, 2.24) is 15.1 Å². The average molecular weight is 269 g/mol. The molecule has 110 valence electrons. The molecule has 0 radical (unpaired) electrons. The first-order chi connectivity index (χ1) is 8.69. The molecule has 2 amide bonds. The summed E-state index contributed by atoms with van der Waals surface area (Å²) < 4.78 is 0. The van der Waals surface area contributed by atoms with Gasteiger partial charge in [-0.15, -0.1) is 0 Å². The first-order valence-electron chi connectivity index (χ1n) is 6.93. The number of piperazine rings is 1. The van der Waals surface area contributed by atoms with Crippen molar-refractivity contribution in [2.24, 2.45) is 5.41 Å². The van der Waals surface area contributed by atoms with Gasteiger partial charge in [-0.05, 0) is 18.9 Å². The Hall–Kier alpha value is -1.10. The summed E-state index contributed by atoms with van der Waals surface area (Å²) >= 11 is 0. The maximum Gasteiger partial charge on any atom is 0.245 e. The molecular weight excluding hydrogens is 242 g/mol. The van der Waals surface area contributed by atoms with Crippen molar-refractivity contribution in [1.29, 1.82) is 0 Å². The molecule has 1 aliphatic heterocycles. The molecule has 1 saturated heterocycles. The fourth-order valence-electron chi connectivity index (χ4n) is 2.31. The number of nitrogens with zero attached hydrogens (tertiary/aromatic N) is 2. The molecule has 0 aliphatic carbocycles. The Balaban J connectivity index is 2.68. The Morgan fingerprint density at radius 3 is 2.11 bits per heavy atom. The highest BCUT2D eigenvalue weighted by Gasteiger charge is 2.30. The van der Waals surface area contributed by atoms with Gasteiger partial charge < -0.3 is 15.1 Å². The van der Waals surface area contributed by atoms with Crippen LogP contribution in [0.5, 0.6) is 0 Å². The molecule has 1 atom stereocenters. The van der Waals surface area contributed by atoms with Crippen molar-refractivity contribution in [2.75, 3.05) is 33.2 Å². The lowest BCUT2D eigenvalue weighted by Crippen LogP contribution is -2.54. The Labute approximate surface area is 116 Å². The second-order valence-electron chi connectivity index (χ2n) is 6.65. The molecule has 1 aliphatic rings. The number of amides is 2. The molecule has 1 N–H and O–H groups in total. The second kappa shape index (κ2) is 6.37. The molecule has 5 heteroatoms. The molecule has 0 aromatic heterocycles. The Bertz CT molecular complexity index is 328. The van der Waals surface area contributed by atoms with E-state index < -0.39 is 6.04 Å². The molecule has 0 aromatic carbocycles. The normalized spacial score (nSPS) is 19.1. The zero-order valence-electron chi connectivity index (χ0n) is 12.8. The van der Waals surface area contributed by atoms with Crippen LogP contribution in [0.3, 0.4) is 0 Å². The molecule has 0 bridgehead atoms.